The Kier molecular flexibility index (Phi) is 17.4. The molecule has 0 amide bonds. The molecule has 2 unspecified atom stereocenters. The minimum atomic E-state index is -1.12. The summed E-state index contributed by atoms with van der Waals surface area (Å²) in [5, 5.41) is 29.5. The average Bonchev–Trinajstić information content (AvgIpc) is 3.41. The van der Waals surface area contributed by atoms with E-state index in [0.29, 0.717) is 21.2 Å². The summed E-state index contributed by atoms with van der Waals surface area (Å²) in [6, 6.07) is 6.46. The number of ether oxygens (including phenoxy) is 3. The van der Waals surface area contributed by atoms with Gasteiger partial charge in [-0.05, 0) is 113 Å². The Morgan fingerprint density at radius 3 is 1.67 bits per heavy atom. The van der Waals surface area contributed by atoms with Crippen LogP contribution in [0.1, 0.15) is 90.3 Å². The standard InChI is InChI=1S/C16H20BNO5.C14H19BO5.C2H2IN.Na.H/c1-10-6-11(21-9-18-5)7-12-15(10)13(23-17(12)20)8-14(19)22-16(2,3)4;1-8-5-9(16)6-10-13(8)11(20-15(10)18)7-12(17)19-14(2,3)4;1-4-2-3;;/h6-7,13,20H,8-9H2,1-4H3;5-6,11,16,18H,7H2,1-4H3;2H2;;/q;;;+1;-1. The number of hydrogen-bond acceptors (Lipinski definition) is 10. The Morgan fingerprint density at radius 2 is 1.27 bits per heavy atom. The van der Waals surface area contributed by atoms with Crippen LogP contribution in [0, 0.1) is 27.0 Å². The Bertz CT molecular complexity index is 1530. The molecular formula is C32H42B2IN2NaO10. The molecule has 0 saturated heterocycles. The molecule has 0 aromatic heterocycles. The van der Waals surface area contributed by atoms with E-state index in [1.807, 2.05) is 36.4 Å². The van der Waals surface area contributed by atoms with Crippen LogP contribution in [0.5, 0.6) is 11.5 Å². The molecule has 4 rings (SSSR count). The molecule has 2 aromatic rings. The number of nitrogens with zero attached hydrogens (tertiary/aromatic N) is 2. The molecule has 2 heterocycles. The van der Waals surface area contributed by atoms with Crippen LogP contribution >= 0.6 is 22.6 Å². The molecular weight excluding hydrogens is 744 g/mol. The molecule has 0 radical (unpaired) electrons. The number of esters is 2. The Labute approximate surface area is 320 Å². The van der Waals surface area contributed by atoms with Crippen molar-refractivity contribution in [1.82, 2.24) is 0 Å². The summed E-state index contributed by atoms with van der Waals surface area (Å²) < 4.78 is 27.3. The molecule has 2 atom stereocenters. The second kappa shape index (κ2) is 19.2. The number of fused-ring (bicyclic) bond motifs is 2. The van der Waals surface area contributed by atoms with E-state index in [-0.39, 0.29) is 68.2 Å². The first-order valence-electron chi connectivity index (χ1n) is 14.7. The van der Waals surface area contributed by atoms with Crippen LogP contribution in [0.4, 0.5) is 0 Å². The molecule has 2 aromatic carbocycles. The minimum Gasteiger partial charge on any atom is -1.00 e. The van der Waals surface area contributed by atoms with Crippen LogP contribution in [-0.2, 0) is 28.4 Å². The number of hydrogen-bond donors (Lipinski definition) is 3. The molecule has 0 bridgehead atoms. The molecule has 2 aliphatic rings. The van der Waals surface area contributed by atoms with Gasteiger partial charge in [0.2, 0.25) is 0 Å². The van der Waals surface area contributed by atoms with Crippen molar-refractivity contribution in [2.45, 2.75) is 91.6 Å². The van der Waals surface area contributed by atoms with Crippen LogP contribution in [0.2, 0.25) is 0 Å². The van der Waals surface area contributed by atoms with Gasteiger partial charge in [-0.25, -0.2) is 13.1 Å². The van der Waals surface area contributed by atoms with Gasteiger partial charge in [-0.2, -0.15) is 0 Å². The van der Waals surface area contributed by atoms with Crippen LogP contribution in [-0.4, -0.2) is 63.8 Å². The molecule has 16 heteroatoms. The number of benzene rings is 2. The van der Waals surface area contributed by atoms with Crippen molar-refractivity contribution in [3.63, 3.8) is 0 Å². The number of phenolic OH excluding ortho intramolecular Hbond substituents is 1. The second-order valence-corrected chi connectivity index (χ2v) is 13.4. The van der Waals surface area contributed by atoms with Crippen molar-refractivity contribution in [1.29, 1.82) is 0 Å². The van der Waals surface area contributed by atoms with Crippen molar-refractivity contribution >= 4 is 59.7 Å². The van der Waals surface area contributed by atoms with Crippen molar-refractivity contribution < 1.29 is 79.2 Å². The zero-order chi connectivity index (χ0) is 35.7. The van der Waals surface area contributed by atoms with E-state index in [9.17, 15) is 24.7 Å². The van der Waals surface area contributed by atoms with Crippen LogP contribution in [0.25, 0.3) is 9.69 Å². The average molecular weight is 786 g/mol. The number of aromatic hydroxyl groups is 1. The summed E-state index contributed by atoms with van der Waals surface area (Å²) >= 11 is 2.00. The van der Waals surface area contributed by atoms with E-state index in [0.717, 1.165) is 22.3 Å². The van der Waals surface area contributed by atoms with Crippen LogP contribution < -0.4 is 45.2 Å². The second-order valence-electron chi connectivity index (χ2n) is 12.8. The van der Waals surface area contributed by atoms with Gasteiger partial charge >= 0.3 is 62.5 Å². The van der Waals surface area contributed by atoms with E-state index in [1.165, 1.54) is 6.07 Å². The van der Waals surface area contributed by atoms with Crippen molar-refractivity contribution in [2.75, 3.05) is 11.3 Å². The fraction of sp³-hybridized carbons (Fsp3) is 0.500. The van der Waals surface area contributed by atoms with Gasteiger partial charge in [0.05, 0.1) is 25.0 Å². The van der Waals surface area contributed by atoms with Gasteiger partial charge in [0.15, 0.2) is 0 Å². The third kappa shape index (κ3) is 13.5. The quantitative estimate of drug-likeness (QED) is 0.0980. The Balaban J connectivity index is 0.000000823. The number of rotatable bonds is 6. The molecule has 254 valence electrons. The van der Waals surface area contributed by atoms with Crippen molar-refractivity contribution in [3.05, 3.63) is 69.4 Å². The maximum Gasteiger partial charge on any atom is 1.00 e. The van der Waals surface area contributed by atoms with E-state index in [2.05, 4.69) is 9.69 Å². The fourth-order valence-electron chi connectivity index (χ4n) is 5.04. The normalized spacial score (nSPS) is 15.9. The molecule has 12 nitrogen and oxygen atoms in total. The zero-order valence-corrected chi connectivity index (χ0v) is 33.1. The summed E-state index contributed by atoms with van der Waals surface area (Å²) in [7, 11) is -2.24. The van der Waals surface area contributed by atoms with E-state index < -0.39 is 37.6 Å². The van der Waals surface area contributed by atoms with Crippen LogP contribution in [0.3, 0.4) is 0 Å². The van der Waals surface area contributed by atoms with Gasteiger partial charge in [-0.1, -0.05) is 0 Å². The van der Waals surface area contributed by atoms with E-state index >= 15 is 0 Å². The number of carbonyl (C=O) groups excluding carboxylic acids is 2. The fourth-order valence-corrected chi connectivity index (χ4v) is 5.04. The van der Waals surface area contributed by atoms with Crippen molar-refractivity contribution in [3.8, 4) is 11.5 Å². The first-order chi connectivity index (χ1) is 21.8. The number of aryl methyl sites for hydroxylation is 2. The molecule has 0 saturated carbocycles. The minimum absolute atomic E-state index is 0. The Hall–Kier alpha value is -2.34. The van der Waals surface area contributed by atoms with E-state index in [1.54, 1.807) is 59.7 Å². The maximum absolute atomic E-state index is 12.0. The molecule has 0 aliphatic carbocycles. The molecule has 48 heavy (non-hydrogen) atoms. The molecule has 2 aliphatic heterocycles. The first-order valence-corrected chi connectivity index (χ1v) is 16.3. The maximum atomic E-state index is 12.0. The molecule has 3 N–H and O–H groups in total. The largest absolute Gasteiger partial charge is 1.00 e. The molecule has 0 fully saturated rings. The van der Waals surface area contributed by atoms with Gasteiger partial charge in [0.25, 0.3) is 4.55 Å². The number of carbonyl (C=O) groups is 2. The summed E-state index contributed by atoms with van der Waals surface area (Å²) in [5.41, 5.74) is 3.11. The number of alkyl halides is 1. The summed E-state index contributed by atoms with van der Waals surface area (Å²) in [4.78, 5) is 30.0. The summed E-state index contributed by atoms with van der Waals surface area (Å²) in [6.45, 7) is 27.2. The van der Waals surface area contributed by atoms with Gasteiger partial charge < -0.3 is 44.9 Å². The van der Waals surface area contributed by atoms with Gasteiger partial charge in [-0.3, -0.25) is 14.4 Å². The number of phenols is 1. The number of halogens is 1. The Morgan fingerprint density at radius 1 is 0.854 bits per heavy atom. The predicted octanol–water partition coefficient (Wildman–Crippen LogP) is 1.35. The van der Waals surface area contributed by atoms with E-state index in [4.69, 9.17) is 36.7 Å². The summed E-state index contributed by atoms with van der Waals surface area (Å²) in [5.74, 6) is -0.190. The first kappa shape index (κ1) is 43.7. The predicted molar refractivity (Wildman–Crippen MR) is 187 cm³/mol. The van der Waals surface area contributed by atoms with Gasteiger partial charge in [0, 0.05) is 22.6 Å². The molecule has 0 spiro atoms. The third-order valence-electron chi connectivity index (χ3n) is 6.46. The van der Waals surface area contributed by atoms with Gasteiger partial charge in [-0.15, -0.1) is 0 Å². The topological polar surface area (TPSA) is 150 Å². The third-order valence-corrected chi connectivity index (χ3v) is 6.80. The van der Waals surface area contributed by atoms with Crippen molar-refractivity contribution in [2.24, 2.45) is 0 Å². The summed E-state index contributed by atoms with van der Waals surface area (Å²) in [6.07, 6.45) is -1.03. The van der Waals surface area contributed by atoms with Crippen LogP contribution in [0.15, 0.2) is 24.3 Å². The smallest absolute Gasteiger partial charge is 1.00 e. The zero-order valence-electron chi connectivity index (χ0n) is 29.9. The SMILES string of the molecule is Cc1cc(O)cc2c1C(CC(=O)OC(C)(C)C)OB2O.[C-]#[N+]CI.[C-]#[N+]COc1cc(C)c2c(c1)B(O)OC2CC(=O)OC(C)(C)C.[H-].[Na+]. The monoisotopic (exact) mass is 786 g/mol. The van der Waals surface area contributed by atoms with Gasteiger partial charge in [0.1, 0.15) is 22.7 Å².